The summed E-state index contributed by atoms with van der Waals surface area (Å²) in [5.74, 6) is -0.460. The van der Waals surface area contributed by atoms with E-state index in [-0.39, 0.29) is 29.9 Å². The van der Waals surface area contributed by atoms with Crippen LogP contribution in [0.2, 0.25) is 0 Å². The van der Waals surface area contributed by atoms with Crippen molar-refractivity contribution in [2.24, 2.45) is 0 Å². The zero-order valence-corrected chi connectivity index (χ0v) is 16.9. The summed E-state index contributed by atoms with van der Waals surface area (Å²) in [6, 6.07) is 6.02. The molecule has 3 heterocycles. The number of amides is 1. The molecule has 7 nitrogen and oxygen atoms in total. The number of fused-ring (bicyclic) bond motifs is 1. The standard InChI is InChI=1S/C18H19FN4O3S.ClH/c1-12-10-15(26-21-12)17(24)23(5-4-22-6-8-25-9-7-22)18-20-14-3-2-13(19)11-16(14)27-18;/h2-3,10-11H,4-9H2,1H3;1H. The number of rotatable bonds is 5. The van der Waals surface area contributed by atoms with Gasteiger partial charge in [0.05, 0.1) is 29.1 Å². The fourth-order valence-corrected chi connectivity index (χ4v) is 3.96. The summed E-state index contributed by atoms with van der Waals surface area (Å²) >= 11 is 1.28. The van der Waals surface area contributed by atoms with Crippen molar-refractivity contribution >= 4 is 45.0 Å². The van der Waals surface area contributed by atoms with Gasteiger partial charge in [-0.3, -0.25) is 14.6 Å². The highest BCUT2D eigenvalue weighted by molar-refractivity contribution is 7.22. The predicted molar refractivity (Wildman–Crippen MR) is 107 cm³/mol. The van der Waals surface area contributed by atoms with Gasteiger partial charge in [0.25, 0.3) is 5.91 Å². The summed E-state index contributed by atoms with van der Waals surface area (Å²) in [4.78, 5) is 21.4. The highest BCUT2D eigenvalue weighted by Gasteiger charge is 2.25. The first-order valence-electron chi connectivity index (χ1n) is 8.71. The van der Waals surface area contributed by atoms with E-state index in [1.165, 1.54) is 23.5 Å². The number of halogens is 2. The molecule has 0 unspecified atom stereocenters. The number of aromatic nitrogens is 2. The molecule has 1 amide bonds. The Morgan fingerprint density at radius 1 is 1.32 bits per heavy atom. The number of carbonyl (C=O) groups is 1. The van der Waals surface area contributed by atoms with Crippen molar-refractivity contribution in [2.45, 2.75) is 6.92 Å². The molecule has 0 saturated carbocycles. The fraction of sp³-hybridized carbons (Fsp3) is 0.389. The van der Waals surface area contributed by atoms with Gasteiger partial charge in [0, 0.05) is 32.2 Å². The second-order valence-corrected chi connectivity index (χ2v) is 7.36. The average Bonchev–Trinajstić information content (AvgIpc) is 3.28. The van der Waals surface area contributed by atoms with Crippen molar-refractivity contribution in [2.75, 3.05) is 44.3 Å². The van der Waals surface area contributed by atoms with E-state index in [0.717, 1.165) is 13.1 Å². The van der Waals surface area contributed by atoms with Gasteiger partial charge in [0.2, 0.25) is 5.76 Å². The normalized spacial score (nSPS) is 14.8. The molecule has 4 rings (SSSR count). The largest absolute Gasteiger partial charge is 0.379 e. The van der Waals surface area contributed by atoms with Gasteiger partial charge in [-0.15, -0.1) is 12.4 Å². The van der Waals surface area contributed by atoms with E-state index < -0.39 is 0 Å². The van der Waals surface area contributed by atoms with Crippen molar-refractivity contribution in [1.29, 1.82) is 0 Å². The van der Waals surface area contributed by atoms with Gasteiger partial charge in [-0.2, -0.15) is 0 Å². The molecule has 0 bridgehead atoms. The molecule has 0 atom stereocenters. The smallest absolute Gasteiger partial charge is 0.298 e. The topological polar surface area (TPSA) is 71.7 Å². The first kappa shape index (κ1) is 20.7. The van der Waals surface area contributed by atoms with Crippen LogP contribution in [0.25, 0.3) is 10.2 Å². The fourth-order valence-electron chi connectivity index (χ4n) is 2.95. The number of carbonyl (C=O) groups excluding carboxylic acids is 1. The molecular weight excluding hydrogens is 407 g/mol. The van der Waals surface area contributed by atoms with Crippen LogP contribution in [0.3, 0.4) is 0 Å². The van der Waals surface area contributed by atoms with E-state index in [0.29, 0.717) is 47.3 Å². The van der Waals surface area contributed by atoms with Crippen LogP contribution < -0.4 is 4.90 Å². The van der Waals surface area contributed by atoms with Gasteiger partial charge in [-0.25, -0.2) is 9.37 Å². The summed E-state index contributed by atoms with van der Waals surface area (Å²) in [6.07, 6.45) is 0. The molecule has 0 radical (unpaired) electrons. The summed E-state index contributed by atoms with van der Waals surface area (Å²) in [5, 5.41) is 4.32. The molecule has 1 aromatic carbocycles. The highest BCUT2D eigenvalue weighted by atomic mass is 35.5. The van der Waals surface area contributed by atoms with Crippen LogP contribution in [0.15, 0.2) is 28.8 Å². The van der Waals surface area contributed by atoms with Crippen molar-refractivity contribution < 1.29 is 18.4 Å². The molecule has 1 fully saturated rings. The predicted octanol–water partition coefficient (Wildman–Crippen LogP) is 3.13. The Morgan fingerprint density at radius 2 is 2.11 bits per heavy atom. The maximum absolute atomic E-state index is 13.5. The number of nitrogens with zero attached hydrogens (tertiary/aromatic N) is 4. The zero-order valence-electron chi connectivity index (χ0n) is 15.3. The van der Waals surface area contributed by atoms with Crippen molar-refractivity contribution in [3.8, 4) is 0 Å². The molecule has 10 heteroatoms. The molecule has 1 aliphatic rings. The van der Waals surface area contributed by atoms with Crippen molar-refractivity contribution in [3.05, 3.63) is 41.5 Å². The molecule has 0 spiro atoms. The van der Waals surface area contributed by atoms with Crippen LogP contribution in [-0.2, 0) is 4.74 Å². The number of thiazole rings is 1. The van der Waals surface area contributed by atoms with Gasteiger partial charge < -0.3 is 9.26 Å². The van der Waals surface area contributed by atoms with Crippen molar-refractivity contribution in [3.63, 3.8) is 0 Å². The van der Waals surface area contributed by atoms with E-state index >= 15 is 0 Å². The number of hydrogen-bond donors (Lipinski definition) is 0. The second kappa shape index (κ2) is 8.95. The number of ether oxygens (including phenoxy) is 1. The first-order valence-corrected chi connectivity index (χ1v) is 9.53. The lowest BCUT2D eigenvalue weighted by molar-refractivity contribution is 0.0390. The van der Waals surface area contributed by atoms with Gasteiger partial charge in [-0.05, 0) is 25.1 Å². The Labute approximate surface area is 171 Å². The van der Waals surface area contributed by atoms with Crippen LogP contribution in [0.1, 0.15) is 16.2 Å². The van der Waals surface area contributed by atoms with Crippen LogP contribution in [-0.4, -0.2) is 60.3 Å². The van der Waals surface area contributed by atoms with Crippen LogP contribution >= 0.6 is 23.7 Å². The van der Waals surface area contributed by atoms with Gasteiger partial charge >= 0.3 is 0 Å². The minimum atomic E-state index is -0.324. The molecule has 0 N–H and O–H groups in total. The third kappa shape index (κ3) is 4.49. The summed E-state index contributed by atoms with van der Waals surface area (Å²) in [6.45, 7) is 5.93. The second-order valence-electron chi connectivity index (χ2n) is 6.35. The lowest BCUT2D eigenvalue weighted by Gasteiger charge is -2.28. The number of anilines is 1. The Bertz CT molecular complexity index is 957. The van der Waals surface area contributed by atoms with Gasteiger partial charge in [-0.1, -0.05) is 16.5 Å². The summed E-state index contributed by atoms with van der Waals surface area (Å²) in [5.41, 5.74) is 1.30. The lowest BCUT2D eigenvalue weighted by Crippen LogP contribution is -2.43. The molecule has 150 valence electrons. The minimum Gasteiger partial charge on any atom is -0.379 e. The molecule has 28 heavy (non-hydrogen) atoms. The van der Waals surface area contributed by atoms with E-state index in [4.69, 9.17) is 9.26 Å². The van der Waals surface area contributed by atoms with E-state index in [9.17, 15) is 9.18 Å². The third-order valence-electron chi connectivity index (χ3n) is 4.40. The van der Waals surface area contributed by atoms with E-state index in [1.54, 1.807) is 24.0 Å². The summed E-state index contributed by atoms with van der Waals surface area (Å²) < 4.78 is 24.7. The first-order chi connectivity index (χ1) is 13.1. The van der Waals surface area contributed by atoms with E-state index in [2.05, 4.69) is 15.0 Å². The molecular formula is C18H20ClFN4O3S. The molecule has 1 saturated heterocycles. The van der Waals surface area contributed by atoms with Gasteiger partial charge in [0.15, 0.2) is 5.13 Å². The quantitative estimate of drug-likeness (QED) is 0.624. The Balaban J connectivity index is 0.00000225. The highest BCUT2D eigenvalue weighted by Crippen LogP contribution is 2.30. The Morgan fingerprint density at radius 3 is 2.82 bits per heavy atom. The van der Waals surface area contributed by atoms with Crippen molar-refractivity contribution in [1.82, 2.24) is 15.0 Å². The van der Waals surface area contributed by atoms with Crippen LogP contribution in [0.5, 0.6) is 0 Å². The SMILES string of the molecule is Cc1cc(C(=O)N(CCN2CCOCC2)c2nc3ccc(F)cc3s2)on1.Cl. The van der Waals surface area contributed by atoms with Crippen LogP contribution in [0.4, 0.5) is 9.52 Å². The number of morpholine rings is 1. The lowest BCUT2D eigenvalue weighted by atomic mass is 10.3. The maximum atomic E-state index is 13.5. The minimum absolute atomic E-state index is 0. The Hall–Kier alpha value is -2.07. The molecule has 3 aromatic rings. The summed E-state index contributed by atoms with van der Waals surface area (Å²) in [7, 11) is 0. The maximum Gasteiger partial charge on any atom is 0.298 e. The number of aryl methyl sites for hydroxylation is 1. The molecule has 1 aliphatic heterocycles. The van der Waals surface area contributed by atoms with Gasteiger partial charge in [0.1, 0.15) is 5.82 Å². The number of hydrogen-bond acceptors (Lipinski definition) is 7. The molecule has 2 aromatic heterocycles. The monoisotopic (exact) mass is 426 g/mol. The Kier molecular flexibility index (Phi) is 6.61. The van der Waals surface area contributed by atoms with E-state index in [1.807, 2.05) is 0 Å². The molecule has 0 aliphatic carbocycles. The zero-order chi connectivity index (χ0) is 18.8. The average molecular weight is 427 g/mol. The third-order valence-corrected chi connectivity index (χ3v) is 5.44. The number of benzene rings is 1. The van der Waals surface area contributed by atoms with Crippen LogP contribution in [0, 0.1) is 12.7 Å².